The Morgan fingerprint density at radius 2 is 2.30 bits per heavy atom. The fourth-order valence-electron chi connectivity index (χ4n) is 0.428. The summed E-state index contributed by atoms with van der Waals surface area (Å²) in [6.07, 6.45) is 1.84. The van der Waals surface area contributed by atoms with Gasteiger partial charge >= 0.3 is 0 Å². The van der Waals surface area contributed by atoms with Crippen molar-refractivity contribution in [1.29, 1.82) is 0 Å². The van der Waals surface area contributed by atoms with E-state index in [-0.39, 0.29) is 6.61 Å². The van der Waals surface area contributed by atoms with E-state index in [0.29, 0.717) is 4.38 Å². The van der Waals surface area contributed by atoms with Gasteiger partial charge in [0.25, 0.3) is 0 Å². The molecule has 60 valence electrons. The molecule has 0 unspecified atom stereocenters. The number of rotatable bonds is 4. The van der Waals surface area contributed by atoms with Crippen LogP contribution in [0.3, 0.4) is 0 Å². The molecule has 0 rings (SSSR count). The Kier molecular flexibility index (Phi) is 7.45. The zero-order valence-electron chi connectivity index (χ0n) is 6.00. The van der Waals surface area contributed by atoms with Crippen molar-refractivity contribution in [2.24, 2.45) is 0 Å². The molecule has 0 aromatic rings. The lowest BCUT2D eigenvalue weighted by Crippen LogP contribution is -1.93. The molecule has 0 saturated carbocycles. The maximum absolute atomic E-state index is 8.42. The summed E-state index contributed by atoms with van der Waals surface area (Å²) < 4.78 is 5.34. The van der Waals surface area contributed by atoms with Crippen molar-refractivity contribution in [3.8, 4) is 0 Å². The van der Waals surface area contributed by atoms with Gasteiger partial charge < -0.3 is 9.84 Å². The molecular weight excluding hydrogens is 168 g/mol. The molecule has 0 aromatic heterocycles. The van der Waals surface area contributed by atoms with Crippen molar-refractivity contribution in [3.05, 3.63) is 0 Å². The first kappa shape index (κ1) is 10.2. The van der Waals surface area contributed by atoms with Gasteiger partial charge in [-0.15, -0.1) is 0 Å². The first-order valence-electron chi connectivity index (χ1n) is 3.13. The van der Waals surface area contributed by atoms with Crippen LogP contribution in [0, 0.1) is 0 Å². The third-order valence-electron chi connectivity index (χ3n) is 0.939. The summed E-state index contributed by atoms with van der Waals surface area (Å²) >= 11 is 6.30. The molecule has 0 fully saturated rings. The molecule has 0 amide bonds. The zero-order valence-corrected chi connectivity index (χ0v) is 7.63. The van der Waals surface area contributed by atoms with Gasteiger partial charge in [-0.25, -0.2) is 0 Å². The molecule has 0 bridgehead atoms. The molecule has 0 aliphatic rings. The molecular formula is C6H12O2S2. The second-order valence-electron chi connectivity index (χ2n) is 1.73. The molecule has 0 heterocycles. The Bertz CT molecular complexity index is 95.7. The molecule has 0 aliphatic carbocycles. The highest BCUT2D eigenvalue weighted by Gasteiger charge is 1.94. The van der Waals surface area contributed by atoms with Crippen LogP contribution in [0.5, 0.6) is 0 Å². The van der Waals surface area contributed by atoms with Crippen LogP contribution in [-0.2, 0) is 4.74 Å². The minimum atomic E-state index is 0.264. The number of thiocarbonyl (C=S) groups is 1. The molecule has 0 aliphatic heterocycles. The van der Waals surface area contributed by atoms with E-state index in [4.69, 9.17) is 22.1 Å². The van der Waals surface area contributed by atoms with Crippen molar-refractivity contribution < 1.29 is 9.84 Å². The van der Waals surface area contributed by atoms with Crippen LogP contribution in [0.15, 0.2) is 0 Å². The number of aliphatic hydroxyl groups is 1. The highest BCUT2D eigenvalue weighted by Crippen LogP contribution is 2.07. The number of hydrogen-bond donors (Lipinski definition) is 1. The predicted molar refractivity (Wildman–Crippen MR) is 48.4 cm³/mol. The average Bonchev–Trinajstić information content (AvgIpc) is 1.98. The number of thioether (sulfide) groups is 1. The lowest BCUT2D eigenvalue weighted by molar-refractivity contribution is 0.287. The van der Waals surface area contributed by atoms with Gasteiger partial charge in [-0.1, -0.05) is 11.8 Å². The van der Waals surface area contributed by atoms with Crippen LogP contribution >= 0.6 is 24.0 Å². The van der Waals surface area contributed by atoms with E-state index in [1.165, 1.54) is 11.8 Å². The Balaban J connectivity index is 2.96. The third kappa shape index (κ3) is 6.32. The topological polar surface area (TPSA) is 29.5 Å². The number of unbranched alkanes of at least 4 members (excludes halogenated alkanes) is 1. The monoisotopic (exact) mass is 180 g/mol. The molecule has 10 heavy (non-hydrogen) atoms. The van der Waals surface area contributed by atoms with Crippen LogP contribution in [-0.4, -0.2) is 29.0 Å². The van der Waals surface area contributed by atoms with Crippen molar-refractivity contribution in [2.75, 3.05) is 19.5 Å². The smallest absolute Gasteiger partial charge is 0.219 e. The van der Waals surface area contributed by atoms with Gasteiger partial charge in [-0.2, -0.15) is 0 Å². The number of hydrogen-bond acceptors (Lipinski definition) is 4. The van der Waals surface area contributed by atoms with Crippen molar-refractivity contribution >= 4 is 28.4 Å². The maximum atomic E-state index is 8.42. The fourth-order valence-corrected chi connectivity index (χ4v) is 1.31. The summed E-state index contributed by atoms with van der Waals surface area (Å²) in [5, 5.41) is 8.42. The van der Waals surface area contributed by atoms with Crippen LogP contribution in [0.4, 0.5) is 0 Å². The molecule has 0 atom stereocenters. The minimum Gasteiger partial charge on any atom is -0.482 e. The zero-order chi connectivity index (χ0) is 7.82. The van der Waals surface area contributed by atoms with Gasteiger partial charge in [0.2, 0.25) is 4.38 Å². The van der Waals surface area contributed by atoms with Gasteiger partial charge in [0.05, 0.1) is 7.11 Å². The summed E-state index contributed by atoms with van der Waals surface area (Å²) in [5.74, 6) is 0.938. The summed E-state index contributed by atoms with van der Waals surface area (Å²) in [7, 11) is 1.57. The Morgan fingerprint density at radius 3 is 2.80 bits per heavy atom. The number of ether oxygens (including phenoxy) is 1. The fraction of sp³-hybridized carbons (Fsp3) is 0.833. The third-order valence-corrected chi connectivity index (χ3v) is 2.35. The van der Waals surface area contributed by atoms with Crippen LogP contribution in [0.25, 0.3) is 0 Å². The van der Waals surface area contributed by atoms with Crippen LogP contribution in [0.2, 0.25) is 0 Å². The largest absolute Gasteiger partial charge is 0.482 e. The van der Waals surface area contributed by atoms with E-state index in [1.807, 2.05) is 0 Å². The Labute approximate surface area is 71.0 Å². The molecule has 0 spiro atoms. The van der Waals surface area contributed by atoms with Gasteiger partial charge in [0, 0.05) is 12.4 Å². The van der Waals surface area contributed by atoms with Crippen LogP contribution in [0.1, 0.15) is 12.8 Å². The minimum absolute atomic E-state index is 0.264. The molecule has 2 nitrogen and oxygen atoms in total. The summed E-state index contributed by atoms with van der Waals surface area (Å²) in [6.45, 7) is 0.264. The molecule has 0 radical (unpaired) electrons. The first-order chi connectivity index (χ1) is 4.81. The maximum Gasteiger partial charge on any atom is 0.219 e. The first-order valence-corrected chi connectivity index (χ1v) is 4.52. The quantitative estimate of drug-likeness (QED) is 0.523. The molecule has 4 heteroatoms. The highest BCUT2D eigenvalue weighted by atomic mass is 32.2. The average molecular weight is 180 g/mol. The summed E-state index contributed by atoms with van der Waals surface area (Å²) in [6, 6.07) is 0. The lowest BCUT2D eigenvalue weighted by Gasteiger charge is -1.99. The standard InChI is InChI=1S/C6H12O2S2/c1-8-6(9)10-5-3-2-4-7/h7H,2-5H2,1H3. The van der Waals surface area contributed by atoms with Gasteiger partial charge in [0.1, 0.15) is 0 Å². The molecule has 1 N–H and O–H groups in total. The van der Waals surface area contributed by atoms with E-state index in [9.17, 15) is 0 Å². The van der Waals surface area contributed by atoms with E-state index >= 15 is 0 Å². The van der Waals surface area contributed by atoms with Crippen molar-refractivity contribution in [1.82, 2.24) is 0 Å². The van der Waals surface area contributed by atoms with E-state index in [1.54, 1.807) is 7.11 Å². The van der Waals surface area contributed by atoms with Gasteiger partial charge in [0.15, 0.2) is 0 Å². The normalized spacial score (nSPS) is 9.40. The second kappa shape index (κ2) is 7.31. The predicted octanol–water partition coefficient (Wildman–Crippen LogP) is 1.42. The van der Waals surface area contributed by atoms with Crippen LogP contribution < -0.4 is 0 Å². The van der Waals surface area contributed by atoms with E-state index in [2.05, 4.69) is 0 Å². The summed E-state index contributed by atoms with van der Waals surface area (Å²) in [4.78, 5) is 0. The molecule has 0 saturated heterocycles. The number of methoxy groups -OCH3 is 1. The van der Waals surface area contributed by atoms with Gasteiger partial charge in [-0.3, -0.25) is 0 Å². The Morgan fingerprint density at radius 1 is 1.60 bits per heavy atom. The lowest BCUT2D eigenvalue weighted by atomic mass is 10.4. The highest BCUT2D eigenvalue weighted by molar-refractivity contribution is 8.22. The SMILES string of the molecule is COC(=S)SCCCCO. The summed E-state index contributed by atoms with van der Waals surface area (Å²) in [5.41, 5.74) is 0. The second-order valence-corrected chi connectivity index (χ2v) is 3.43. The van der Waals surface area contributed by atoms with E-state index < -0.39 is 0 Å². The number of aliphatic hydroxyl groups excluding tert-OH is 1. The van der Waals surface area contributed by atoms with E-state index in [0.717, 1.165) is 18.6 Å². The molecule has 0 aromatic carbocycles. The van der Waals surface area contributed by atoms with Crippen molar-refractivity contribution in [3.63, 3.8) is 0 Å². The Hall–Kier alpha value is 0.200. The van der Waals surface area contributed by atoms with Gasteiger partial charge in [-0.05, 0) is 25.1 Å². The van der Waals surface area contributed by atoms with Crippen molar-refractivity contribution in [2.45, 2.75) is 12.8 Å².